The van der Waals surface area contributed by atoms with Crippen LogP contribution in [0.3, 0.4) is 0 Å². The highest BCUT2D eigenvalue weighted by Gasteiger charge is 2.20. The summed E-state index contributed by atoms with van der Waals surface area (Å²) in [6, 6.07) is 5.39. The van der Waals surface area contributed by atoms with Gasteiger partial charge >= 0.3 is 0 Å². The first-order chi connectivity index (χ1) is 8.17. The first kappa shape index (κ1) is 12.2. The van der Waals surface area contributed by atoms with E-state index >= 15 is 0 Å². The molecule has 3 nitrogen and oxygen atoms in total. The van der Waals surface area contributed by atoms with Gasteiger partial charge in [0.05, 0.1) is 11.6 Å². The van der Waals surface area contributed by atoms with Crippen molar-refractivity contribution in [3.8, 4) is 6.07 Å². The normalized spacial score (nSPS) is 23.4. The number of aromatic nitrogens is 1. The largest absolute Gasteiger partial charge is 0.370 e. The van der Waals surface area contributed by atoms with Crippen molar-refractivity contribution in [2.45, 2.75) is 26.2 Å². The molecule has 1 aromatic rings. The van der Waals surface area contributed by atoms with E-state index in [1.807, 2.05) is 0 Å². The number of nitriles is 1. The van der Waals surface area contributed by atoms with Crippen molar-refractivity contribution >= 4 is 17.4 Å². The number of nitrogens with one attached hydrogen (secondary N) is 1. The molecule has 1 aliphatic carbocycles. The van der Waals surface area contributed by atoms with Gasteiger partial charge in [0.15, 0.2) is 0 Å². The van der Waals surface area contributed by atoms with Crippen molar-refractivity contribution in [1.29, 1.82) is 5.26 Å². The summed E-state index contributed by atoms with van der Waals surface area (Å²) in [5.74, 6) is 2.26. The SMILES string of the molecule is CC1CCC(CNc2cc(C#N)cc(Cl)n2)C1. The van der Waals surface area contributed by atoms with E-state index in [-0.39, 0.29) is 0 Å². The highest BCUT2D eigenvalue weighted by atomic mass is 35.5. The van der Waals surface area contributed by atoms with E-state index < -0.39 is 0 Å². The smallest absolute Gasteiger partial charge is 0.132 e. The molecule has 0 aliphatic heterocycles. The minimum Gasteiger partial charge on any atom is -0.370 e. The Labute approximate surface area is 107 Å². The van der Waals surface area contributed by atoms with Gasteiger partial charge in [-0.05, 0) is 36.8 Å². The van der Waals surface area contributed by atoms with Crippen LogP contribution in [0.2, 0.25) is 5.15 Å². The van der Waals surface area contributed by atoms with E-state index in [9.17, 15) is 0 Å². The van der Waals surface area contributed by atoms with E-state index in [2.05, 4.69) is 23.3 Å². The van der Waals surface area contributed by atoms with Gasteiger partial charge in [-0.2, -0.15) is 5.26 Å². The first-order valence-electron chi connectivity index (χ1n) is 5.99. The van der Waals surface area contributed by atoms with Crippen LogP contribution < -0.4 is 5.32 Å². The van der Waals surface area contributed by atoms with E-state index in [0.29, 0.717) is 16.5 Å². The van der Waals surface area contributed by atoms with Crippen molar-refractivity contribution in [3.05, 3.63) is 22.8 Å². The fourth-order valence-electron chi connectivity index (χ4n) is 2.41. The van der Waals surface area contributed by atoms with Crippen molar-refractivity contribution < 1.29 is 0 Å². The molecule has 0 radical (unpaired) electrons. The van der Waals surface area contributed by atoms with Crippen molar-refractivity contribution in [2.24, 2.45) is 11.8 Å². The van der Waals surface area contributed by atoms with Gasteiger partial charge in [-0.1, -0.05) is 24.9 Å². The molecule has 2 unspecified atom stereocenters. The molecule has 2 rings (SSSR count). The highest BCUT2D eigenvalue weighted by Crippen LogP contribution is 2.30. The Hall–Kier alpha value is -1.27. The Morgan fingerprint density at radius 2 is 2.35 bits per heavy atom. The maximum atomic E-state index is 8.84. The van der Waals surface area contributed by atoms with Crippen molar-refractivity contribution in [3.63, 3.8) is 0 Å². The predicted molar refractivity (Wildman–Crippen MR) is 69.0 cm³/mol. The Bertz CT molecular complexity index is 439. The molecular weight excluding hydrogens is 234 g/mol. The summed E-state index contributed by atoms with van der Waals surface area (Å²) in [7, 11) is 0. The lowest BCUT2D eigenvalue weighted by atomic mass is 10.1. The quantitative estimate of drug-likeness (QED) is 0.835. The monoisotopic (exact) mass is 249 g/mol. The average molecular weight is 250 g/mol. The second kappa shape index (κ2) is 5.37. The van der Waals surface area contributed by atoms with Gasteiger partial charge in [-0.3, -0.25) is 0 Å². The maximum Gasteiger partial charge on any atom is 0.132 e. The van der Waals surface area contributed by atoms with Crippen LogP contribution >= 0.6 is 11.6 Å². The molecule has 2 atom stereocenters. The van der Waals surface area contributed by atoms with E-state index in [1.165, 1.54) is 19.3 Å². The van der Waals surface area contributed by atoms with Crippen LogP contribution in [0.25, 0.3) is 0 Å². The average Bonchev–Trinajstić information content (AvgIpc) is 2.72. The van der Waals surface area contributed by atoms with Crippen LogP contribution in [0.1, 0.15) is 31.7 Å². The second-order valence-corrected chi connectivity index (χ2v) is 5.23. The summed E-state index contributed by atoms with van der Waals surface area (Å²) in [6.07, 6.45) is 3.87. The molecule has 1 heterocycles. The molecular formula is C13H16ClN3. The lowest BCUT2D eigenvalue weighted by Gasteiger charge is -2.11. The molecule has 0 amide bonds. The van der Waals surface area contributed by atoms with Crippen molar-refractivity contribution in [2.75, 3.05) is 11.9 Å². The Kier molecular flexibility index (Phi) is 3.86. The number of hydrogen-bond donors (Lipinski definition) is 1. The fourth-order valence-corrected chi connectivity index (χ4v) is 2.62. The molecule has 1 fully saturated rings. The summed E-state index contributed by atoms with van der Waals surface area (Å²) in [6.45, 7) is 3.22. The number of pyridine rings is 1. The minimum atomic E-state index is 0.367. The van der Waals surface area contributed by atoms with Gasteiger partial charge in [0.25, 0.3) is 0 Å². The predicted octanol–water partition coefficient (Wildman–Crippen LogP) is 3.45. The van der Waals surface area contributed by atoms with Crippen LogP contribution in [-0.2, 0) is 0 Å². The van der Waals surface area contributed by atoms with E-state index in [1.54, 1.807) is 12.1 Å². The second-order valence-electron chi connectivity index (χ2n) is 4.84. The lowest BCUT2D eigenvalue weighted by molar-refractivity contribution is 0.536. The summed E-state index contributed by atoms with van der Waals surface area (Å²) in [5, 5.41) is 12.5. The van der Waals surface area contributed by atoms with E-state index in [0.717, 1.165) is 18.4 Å². The lowest BCUT2D eigenvalue weighted by Crippen LogP contribution is -2.12. The molecule has 0 bridgehead atoms. The molecule has 1 aliphatic rings. The number of hydrogen-bond acceptors (Lipinski definition) is 3. The molecule has 1 saturated carbocycles. The summed E-state index contributed by atoms with van der Waals surface area (Å²) in [4.78, 5) is 4.16. The van der Waals surface area contributed by atoms with Gasteiger partial charge in [0, 0.05) is 6.54 Å². The summed E-state index contributed by atoms with van der Waals surface area (Å²) < 4.78 is 0. The topological polar surface area (TPSA) is 48.7 Å². The molecule has 90 valence electrons. The molecule has 4 heteroatoms. The highest BCUT2D eigenvalue weighted by molar-refractivity contribution is 6.29. The number of anilines is 1. The zero-order valence-corrected chi connectivity index (χ0v) is 10.7. The zero-order chi connectivity index (χ0) is 12.3. The number of halogens is 1. The Morgan fingerprint density at radius 1 is 1.53 bits per heavy atom. The fraction of sp³-hybridized carbons (Fsp3) is 0.538. The minimum absolute atomic E-state index is 0.367. The van der Waals surface area contributed by atoms with Crippen LogP contribution in [0, 0.1) is 23.2 Å². The molecule has 17 heavy (non-hydrogen) atoms. The molecule has 0 aromatic carbocycles. The van der Waals surface area contributed by atoms with Crippen LogP contribution in [0.4, 0.5) is 5.82 Å². The van der Waals surface area contributed by atoms with E-state index in [4.69, 9.17) is 16.9 Å². The maximum absolute atomic E-state index is 8.84. The molecule has 0 saturated heterocycles. The van der Waals surface area contributed by atoms with Gasteiger partial charge in [-0.25, -0.2) is 4.98 Å². The van der Waals surface area contributed by atoms with Gasteiger partial charge in [-0.15, -0.1) is 0 Å². The molecule has 1 N–H and O–H groups in total. The van der Waals surface area contributed by atoms with Crippen LogP contribution in [0.15, 0.2) is 12.1 Å². The molecule has 1 aromatic heterocycles. The summed E-state index contributed by atoms with van der Waals surface area (Å²) in [5.41, 5.74) is 0.548. The Morgan fingerprint density at radius 3 is 3.00 bits per heavy atom. The third-order valence-corrected chi connectivity index (χ3v) is 3.49. The molecule has 0 spiro atoms. The van der Waals surface area contributed by atoms with Crippen LogP contribution in [-0.4, -0.2) is 11.5 Å². The third kappa shape index (κ3) is 3.34. The third-order valence-electron chi connectivity index (χ3n) is 3.30. The number of nitrogens with zero attached hydrogens (tertiary/aromatic N) is 2. The Balaban J connectivity index is 1.95. The van der Waals surface area contributed by atoms with Crippen LogP contribution in [0.5, 0.6) is 0 Å². The van der Waals surface area contributed by atoms with Gasteiger partial charge in [0.1, 0.15) is 11.0 Å². The summed E-state index contributed by atoms with van der Waals surface area (Å²) >= 11 is 5.85. The van der Waals surface area contributed by atoms with Gasteiger partial charge in [0.2, 0.25) is 0 Å². The van der Waals surface area contributed by atoms with Crippen molar-refractivity contribution in [1.82, 2.24) is 4.98 Å². The zero-order valence-electron chi connectivity index (χ0n) is 9.91. The number of rotatable bonds is 3. The van der Waals surface area contributed by atoms with Gasteiger partial charge < -0.3 is 5.32 Å². The standard InChI is InChI=1S/C13H16ClN3/c1-9-2-3-10(4-9)8-16-13-6-11(7-15)5-12(14)17-13/h5-6,9-10H,2-4,8H2,1H3,(H,16,17). The first-order valence-corrected chi connectivity index (χ1v) is 6.36.